The summed E-state index contributed by atoms with van der Waals surface area (Å²) in [5.74, 6) is 6.64. The van der Waals surface area contributed by atoms with Crippen molar-refractivity contribution < 1.29 is 24.8 Å². The zero-order valence-corrected chi connectivity index (χ0v) is 19.4. The molecule has 0 spiro atoms. The van der Waals surface area contributed by atoms with E-state index < -0.39 is 24.2 Å². The van der Waals surface area contributed by atoms with Crippen LogP contribution in [-0.2, 0) is 4.74 Å². The van der Waals surface area contributed by atoms with Crippen LogP contribution < -0.4 is 15.4 Å². The van der Waals surface area contributed by atoms with E-state index in [0.29, 0.717) is 48.1 Å². The summed E-state index contributed by atoms with van der Waals surface area (Å²) in [7, 11) is 3.13. The Hall–Kier alpha value is -2.68. The van der Waals surface area contributed by atoms with E-state index >= 15 is 0 Å². The number of ether oxygens (including phenoxy) is 2. The van der Waals surface area contributed by atoms with Gasteiger partial charge in [0.05, 0.1) is 31.6 Å². The Morgan fingerprint density at radius 1 is 1.15 bits per heavy atom. The number of pyridine rings is 1. The molecule has 0 radical (unpaired) electrons. The second kappa shape index (κ2) is 11.4. The molecule has 3 rings (SSSR count). The van der Waals surface area contributed by atoms with Crippen molar-refractivity contribution in [3.8, 4) is 17.7 Å². The van der Waals surface area contributed by atoms with Crippen molar-refractivity contribution >= 4 is 23.4 Å². The van der Waals surface area contributed by atoms with Gasteiger partial charge in [0, 0.05) is 37.8 Å². The first-order chi connectivity index (χ1) is 15.9. The third-order valence-electron chi connectivity index (χ3n) is 5.40. The van der Waals surface area contributed by atoms with Gasteiger partial charge in [0.25, 0.3) is 0 Å². The lowest BCUT2D eigenvalue weighted by Crippen LogP contribution is -2.35. The molecule has 4 atom stereocenters. The molecule has 11 heteroatoms. The number of nitrogens with one attached hydrogen (secondary N) is 2. The van der Waals surface area contributed by atoms with Gasteiger partial charge in [-0.05, 0) is 19.4 Å². The third-order valence-corrected chi connectivity index (χ3v) is 5.68. The Morgan fingerprint density at radius 2 is 1.94 bits per heavy atom. The number of halogens is 1. The topological polar surface area (TPSA) is 142 Å². The molecule has 1 aliphatic rings. The fraction of sp³-hybridized carbons (Fsp3) is 0.500. The molecular weight excluding hydrogens is 450 g/mol. The number of hydrogen-bond donors (Lipinski definition) is 5. The van der Waals surface area contributed by atoms with E-state index in [4.69, 9.17) is 21.1 Å². The molecule has 0 bridgehead atoms. The lowest BCUT2D eigenvalue weighted by Gasteiger charge is -2.20. The van der Waals surface area contributed by atoms with Gasteiger partial charge in [0.15, 0.2) is 5.15 Å². The highest BCUT2D eigenvalue weighted by Crippen LogP contribution is 2.31. The van der Waals surface area contributed by atoms with Crippen LogP contribution in [-0.4, -0.2) is 82.5 Å². The van der Waals surface area contributed by atoms with Crippen LogP contribution >= 0.6 is 11.6 Å². The molecule has 0 aliphatic heterocycles. The molecule has 1 saturated carbocycles. The quantitative estimate of drug-likeness (QED) is 0.210. The molecule has 2 aromatic heterocycles. The molecule has 33 heavy (non-hydrogen) atoms. The summed E-state index contributed by atoms with van der Waals surface area (Å²) < 4.78 is 10.2. The predicted octanol–water partition coefficient (Wildman–Crippen LogP) is 0.815. The minimum absolute atomic E-state index is 0.116. The molecular formula is C22H28ClN5O5. The van der Waals surface area contributed by atoms with E-state index in [0.717, 1.165) is 0 Å². The van der Waals surface area contributed by atoms with Crippen molar-refractivity contribution in [2.45, 2.75) is 31.6 Å². The highest BCUT2D eigenvalue weighted by molar-refractivity contribution is 6.31. The first-order valence-corrected chi connectivity index (χ1v) is 10.8. The van der Waals surface area contributed by atoms with Crippen molar-refractivity contribution in [1.82, 2.24) is 15.0 Å². The SMILES string of the molecule is COCCNc1nc(Cl)c(C#Cc2ccc(OC)nc2C)c(NC2CC(CO)C(O)C2O)n1. The Bertz CT molecular complexity index is 1030. The highest BCUT2D eigenvalue weighted by atomic mass is 35.5. The first-order valence-electron chi connectivity index (χ1n) is 10.5. The summed E-state index contributed by atoms with van der Waals surface area (Å²) >= 11 is 6.46. The van der Waals surface area contributed by atoms with Gasteiger partial charge in [-0.2, -0.15) is 9.97 Å². The number of aliphatic hydroxyl groups excluding tert-OH is 3. The van der Waals surface area contributed by atoms with Crippen LogP contribution in [0, 0.1) is 24.7 Å². The van der Waals surface area contributed by atoms with E-state index in [9.17, 15) is 15.3 Å². The number of aromatic nitrogens is 3. The number of nitrogens with zero attached hydrogens (tertiary/aromatic N) is 3. The maximum absolute atomic E-state index is 10.4. The van der Waals surface area contributed by atoms with Gasteiger partial charge in [-0.25, -0.2) is 4.98 Å². The minimum atomic E-state index is -1.09. The standard InChI is InChI=1S/C22H28ClN5O5/c1-12-13(5-7-17(25-12)33-3)4-6-15-20(23)27-22(24-8-9-32-2)28-21(15)26-16-10-14(11-29)18(30)19(16)31/h5,7,14,16,18-19,29-31H,8-11H2,1-3H3,(H2,24,26,27,28). The average Bonchev–Trinajstić information content (AvgIpc) is 3.07. The summed E-state index contributed by atoms with van der Waals surface area (Å²) in [6.45, 7) is 2.49. The van der Waals surface area contributed by atoms with Gasteiger partial charge >= 0.3 is 0 Å². The van der Waals surface area contributed by atoms with Crippen molar-refractivity contribution in [2.75, 3.05) is 44.6 Å². The van der Waals surface area contributed by atoms with Crippen molar-refractivity contribution in [1.29, 1.82) is 0 Å². The van der Waals surface area contributed by atoms with Gasteiger partial charge in [-0.3, -0.25) is 0 Å². The van der Waals surface area contributed by atoms with Crippen molar-refractivity contribution in [3.05, 3.63) is 34.1 Å². The van der Waals surface area contributed by atoms with Gasteiger partial charge in [-0.1, -0.05) is 23.4 Å². The third kappa shape index (κ3) is 6.01. The number of aryl methyl sites for hydroxylation is 1. The summed E-state index contributed by atoms with van der Waals surface area (Å²) in [4.78, 5) is 13.1. The Balaban J connectivity index is 1.95. The zero-order chi connectivity index (χ0) is 24.0. The molecule has 1 aliphatic carbocycles. The fourth-order valence-electron chi connectivity index (χ4n) is 3.53. The molecule has 2 heterocycles. The Labute approximate surface area is 197 Å². The molecule has 178 valence electrons. The maximum Gasteiger partial charge on any atom is 0.226 e. The normalized spacial score (nSPS) is 21.9. The monoisotopic (exact) mass is 477 g/mol. The molecule has 0 amide bonds. The number of anilines is 2. The van der Waals surface area contributed by atoms with Crippen LogP contribution in [0.1, 0.15) is 23.2 Å². The van der Waals surface area contributed by atoms with Crippen LogP contribution in [0.4, 0.5) is 11.8 Å². The van der Waals surface area contributed by atoms with E-state index in [1.807, 2.05) is 6.92 Å². The molecule has 4 unspecified atom stereocenters. The van der Waals surface area contributed by atoms with E-state index in [2.05, 4.69) is 37.4 Å². The number of methoxy groups -OCH3 is 2. The van der Waals surface area contributed by atoms with Crippen LogP contribution in [0.15, 0.2) is 12.1 Å². The minimum Gasteiger partial charge on any atom is -0.481 e. The number of aliphatic hydroxyl groups is 3. The summed E-state index contributed by atoms with van der Waals surface area (Å²) in [6, 6.07) is 2.95. The predicted molar refractivity (Wildman–Crippen MR) is 124 cm³/mol. The number of rotatable bonds is 8. The van der Waals surface area contributed by atoms with Gasteiger partial charge in [0.1, 0.15) is 17.5 Å². The van der Waals surface area contributed by atoms with Crippen LogP contribution in [0.25, 0.3) is 0 Å². The molecule has 2 aromatic rings. The summed E-state index contributed by atoms with van der Waals surface area (Å²) in [6.07, 6.45) is -1.79. The fourth-order valence-corrected chi connectivity index (χ4v) is 3.75. The highest BCUT2D eigenvalue weighted by Gasteiger charge is 2.41. The molecule has 0 saturated heterocycles. The largest absolute Gasteiger partial charge is 0.481 e. The van der Waals surface area contributed by atoms with Crippen molar-refractivity contribution in [3.63, 3.8) is 0 Å². The molecule has 10 nitrogen and oxygen atoms in total. The smallest absolute Gasteiger partial charge is 0.226 e. The lowest BCUT2D eigenvalue weighted by atomic mass is 10.1. The van der Waals surface area contributed by atoms with Crippen LogP contribution in [0.2, 0.25) is 5.15 Å². The van der Waals surface area contributed by atoms with Crippen LogP contribution in [0.5, 0.6) is 5.88 Å². The van der Waals surface area contributed by atoms with Gasteiger partial charge < -0.3 is 35.4 Å². The van der Waals surface area contributed by atoms with Gasteiger partial charge in [-0.15, -0.1) is 0 Å². The lowest BCUT2D eigenvalue weighted by molar-refractivity contribution is 0.00445. The molecule has 1 fully saturated rings. The zero-order valence-electron chi connectivity index (χ0n) is 18.7. The second-order valence-corrected chi connectivity index (χ2v) is 7.99. The van der Waals surface area contributed by atoms with Gasteiger partial charge in [0.2, 0.25) is 11.8 Å². The average molecular weight is 478 g/mol. The molecule has 5 N–H and O–H groups in total. The molecule has 0 aromatic carbocycles. The van der Waals surface area contributed by atoms with Crippen LogP contribution in [0.3, 0.4) is 0 Å². The van der Waals surface area contributed by atoms with E-state index in [1.165, 1.54) is 0 Å². The Morgan fingerprint density at radius 3 is 2.58 bits per heavy atom. The Kier molecular flexibility index (Phi) is 8.66. The second-order valence-electron chi connectivity index (χ2n) is 7.63. The first kappa shape index (κ1) is 25.0. The summed E-state index contributed by atoms with van der Waals surface area (Å²) in [5.41, 5.74) is 1.70. The number of hydrogen-bond acceptors (Lipinski definition) is 10. The van der Waals surface area contributed by atoms with Crippen molar-refractivity contribution in [2.24, 2.45) is 5.92 Å². The van der Waals surface area contributed by atoms with E-state index in [-0.39, 0.29) is 17.7 Å². The summed E-state index contributed by atoms with van der Waals surface area (Å²) in [5, 5.41) is 36.3. The van der Waals surface area contributed by atoms with E-state index in [1.54, 1.807) is 26.4 Å². The maximum atomic E-state index is 10.4.